The zero-order chi connectivity index (χ0) is 16.5. The van der Waals surface area contributed by atoms with Crippen LogP contribution in [0.25, 0.3) is 0 Å². The van der Waals surface area contributed by atoms with Crippen molar-refractivity contribution in [3.05, 3.63) is 22.7 Å². The maximum Gasteiger partial charge on any atom is 0.255 e. The lowest BCUT2D eigenvalue weighted by molar-refractivity contribution is -0.119. The Labute approximate surface area is 146 Å². The monoisotopic (exact) mass is 365 g/mol. The Morgan fingerprint density at radius 3 is 2.57 bits per heavy atom. The summed E-state index contributed by atoms with van der Waals surface area (Å²) in [5.41, 5.74) is 5.36. The summed E-state index contributed by atoms with van der Waals surface area (Å²) in [5, 5.41) is 6.01. The van der Waals surface area contributed by atoms with Crippen LogP contribution in [0.1, 0.15) is 17.3 Å². The second-order valence-corrected chi connectivity index (χ2v) is 4.76. The Kier molecular flexibility index (Phi) is 10.1. The van der Waals surface area contributed by atoms with Gasteiger partial charge < -0.3 is 25.8 Å². The van der Waals surface area contributed by atoms with Crippen LogP contribution in [-0.2, 0) is 4.79 Å². The quantitative estimate of drug-likeness (QED) is 0.566. The molecule has 130 valence electrons. The summed E-state index contributed by atoms with van der Waals surface area (Å²) in [6.07, 6.45) is 0. The summed E-state index contributed by atoms with van der Waals surface area (Å²) in [5.74, 6) is -0.485. The number of carbonyl (C=O) groups excluding carboxylic acids is 2. The van der Waals surface area contributed by atoms with Crippen LogP contribution < -0.4 is 25.8 Å². The third-order valence-electron chi connectivity index (χ3n) is 2.69. The predicted octanol–water partition coefficient (Wildman–Crippen LogP) is 0.974. The van der Waals surface area contributed by atoms with Gasteiger partial charge in [0.2, 0.25) is 0 Å². The van der Waals surface area contributed by atoms with Crippen molar-refractivity contribution in [2.24, 2.45) is 5.73 Å². The molecule has 0 aliphatic rings. The van der Waals surface area contributed by atoms with E-state index in [9.17, 15) is 9.59 Å². The highest BCUT2D eigenvalue weighted by Gasteiger charge is 2.16. The van der Waals surface area contributed by atoms with Crippen molar-refractivity contribution in [3.63, 3.8) is 0 Å². The average Bonchev–Trinajstić information content (AvgIpc) is 2.49. The number of hydrogen-bond donors (Lipinski definition) is 3. The molecule has 0 fully saturated rings. The van der Waals surface area contributed by atoms with Gasteiger partial charge in [-0.3, -0.25) is 9.59 Å². The minimum Gasteiger partial charge on any atom is -0.493 e. The van der Waals surface area contributed by atoms with Gasteiger partial charge in [-0.25, -0.2) is 0 Å². The molecule has 0 bridgehead atoms. The Bertz CT molecular complexity index is 541. The molecule has 7 nitrogen and oxygen atoms in total. The largest absolute Gasteiger partial charge is 0.493 e. The first kappa shape index (κ1) is 21.3. The van der Waals surface area contributed by atoms with E-state index >= 15 is 0 Å². The van der Waals surface area contributed by atoms with Crippen LogP contribution in [0.2, 0.25) is 5.02 Å². The fourth-order valence-corrected chi connectivity index (χ4v) is 1.94. The summed E-state index contributed by atoms with van der Waals surface area (Å²) >= 11 is 6.08. The summed E-state index contributed by atoms with van der Waals surface area (Å²) in [4.78, 5) is 22.8. The number of nitrogens with two attached hydrogens (primary N) is 1. The fourth-order valence-electron chi connectivity index (χ4n) is 1.68. The minimum atomic E-state index is -0.636. The highest BCUT2D eigenvalue weighted by atomic mass is 35.5. The number of primary amides is 1. The molecular weight excluding hydrogens is 345 g/mol. The molecule has 0 heterocycles. The molecule has 0 aromatic heterocycles. The normalized spacial score (nSPS) is 9.70. The molecule has 1 rings (SSSR count). The first-order chi connectivity index (χ1) is 10.5. The van der Waals surface area contributed by atoms with E-state index in [1.54, 1.807) is 0 Å². The van der Waals surface area contributed by atoms with Crippen LogP contribution in [0.15, 0.2) is 12.1 Å². The molecule has 0 spiro atoms. The van der Waals surface area contributed by atoms with Gasteiger partial charge in [-0.1, -0.05) is 18.5 Å². The van der Waals surface area contributed by atoms with E-state index in [4.69, 9.17) is 26.8 Å². The van der Waals surface area contributed by atoms with E-state index in [2.05, 4.69) is 10.6 Å². The van der Waals surface area contributed by atoms with Crippen molar-refractivity contribution in [1.82, 2.24) is 10.6 Å². The third kappa shape index (κ3) is 6.94. The number of rotatable bonds is 9. The Hall–Kier alpha value is -1.70. The molecule has 0 saturated heterocycles. The molecule has 0 radical (unpaired) electrons. The second-order valence-electron chi connectivity index (χ2n) is 4.35. The Morgan fingerprint density at radius 1 is 1.30 bits per heavy atom. The van der Waals surface area contributed by atoms with Crippen molar-refractivity contribution in [1.29, 1.82) is 0 Å². The summed E-state index contributed by atoms with van der Waals surface area (Å²) in [6, 6.07) is 2.94. The van der Waals surface area contributed by atoms with Crippen LogP contribution in [0.3, 0.4) is 0 Å². The molecule has 2 amide bonds. The molecular formula is C14H21Cl2N3O4. The topological polar surface area (TPSA) is 103 Å². The predicted molar refractivity (Wildman–Crippen MR) is 90.8 cm³/mol. The average molecular weight is 366 g/mol. The molecule has 0 aliphatic heterocycles. The number of benzene rings is 1. The van der Waals surface area contributed by atoms with Crippen LogP contribution in [-0.4, -0.2) is 45.2 Å². The van der Waals surface area contributed by atoms with Crippen LogP contribution in [0.4, 0.5) is 0 Å². The Balaban J connectivity index is 0.00000484. The number of likely N-dealkylation sites (N-methyl/N-ethyl adjacent to an activating group) is 1. The maximum atomic E-state index is 12.0. The summed E-state index contributed by atoms with van der Waals surface area (Å²) < 4.78 is 10.3. The van der Waals surface area contributed by atoms with E-state index in [0.29, 0.717) is 18.7 Å². The van der Waals surface area contributed by atoms with Crippen LogP contribution in [0, 0.1) is 0 Å². The SMILES string of the molecule is CCNCCNC(=O)c1cc(Cl)c(OCC(N)=O)c(OC)c1.Cl. The van der Waals surface area contributed by atoms with Crippen molar-refractivity contribution in [2.75, 3.05) is 33.4 Å². The van der Waals surface area contributed by atoms with Gasteiger partial charge in [0, 0.05) is 18.7 Å². The number of amides is 2. The third-order valence-corrected chi connectivity index (χ3v) is 2.97. The zero-order valence-corrected chi connectivity index (χ0v) is 14.6. The van der Waals surface area contributed by atoms with Gasteiger partial charge in [-0.2, -0.15) is 0 Å². The molecule has 0 aliphatic carbocycles. The lowest BCUT2D eigenvalue weighted by Gasteiger charge is -2.13. The van der Waals surface area contributed by atoms with Gasteiger partial charge >= 0.3 is 0 Å². The van der Waals surface area contributed by atoms with Gasteiger partial charge in [0.05, 0.1) is 12.1 Å². The minimum absolute atomic E-state index is 0. The molecule has 0 saturated carbocycles. The van der Waals surface area contributed by atoms with Crippen LogP contribution in [0.5, 0.6) is 11.5 Å². The van der Waals surface area contributed by atoms with Gasteiger partial charge in [0.25, 0.3) is 11.8 Å². The first-order valence-electron chi connectivity index (χ1n) is 6.77. The number of halogens is 2. The van der Waals surface area contributed by atoms with Crippen LogP contribution >= 0.6 is 24.0 Å². The zero-order valence-electron chi connectivity index (χ0n) is 13.0. The molecule has 4 N–H and O–H groups in total. The van der Waals surface area contributed by atoms with E-state index < -0.39 is 5.91 Å². The highest BCUT2D eigenvalue weighted by molar-refractivity contribution is 6.32. The maximum absolute atomic E-state index is 12.0. The van der Waals surface area contributed by atoms with E-state index in [0.717, 1.165) is 6.54 Å². The van der Waals surface area contributed by atoms with Crippen molar-refractivity contribution >= 4 is 35.8 Å². The standard InChI is InChI=1S/C14H20ClN3O4.ClH/c1-3-17-4-5-18-14(20)9-6-10(15)13(11(7-9)21-2)22-8-12(16)19;/h6-7,17H,3-5,8H2,1-2H3,(H2,16,19)(H,18,20);1H. The summed E-state index contributed by atoms with van der Waals surface area (Å²) in [7, 11) is 1.41. The van der Waals surface area contributed by atoms with Gasteiger partial charge in [-0.15, -0.1) is 12.4 Å². The lowest BCUT2D eigenvalue weighted by Crippen LogP contribution is -2.31. The van der Waals surface area contributed by atoms with Crippen molar-refractivity contribution < 1.29 is 19.1 Å². The number of methoxy groups -OCH3 is 1. The van der Waals surface area contributed by atoms with E-state index in [1.807, 2.05) is 6.92 Å². The van der Waals surface area contributed by atoms with Gasteiger partial charge in [-0.05, 0) is 18.7 Å². The molecule has 0 unspecified atom stereocenters. The molecule has 23 heavy (non-hydrogen) atoms. The lowest BCUT2D eigenvalue weighted by atomic mass is 10.2. The number of ether oxygens (including phenoxy) is 2. The number of nitrogens with one attached hydrogen (secondary N) is 2. The fraction of sp³-hybridized carbons (Fsp3) is 0.429. The smallest absolute Gasteiger partial charge is 0.255 e. The number of hydrogen-bond acceptors (Lipinski definition) is 5. The molecule has 1 aromatic carbocycles. The van der Waals surface area contributed by atoms with Crippen molar-refractivity contribution in [2.45, 2.75) is 6.92 Å². The van der Waals surface area contributed by atoms with Crippen molar-refractivity contribution in [3.8, 4) is 11.5 Å². The Morgan fingerprint density at radius 2 is 2.00 bits per heavy atom. The van der Waals surface area contributed by atoms with Gasteiger partial charge in [0.15, 0.2) is 18.1 Å². The summed E-state index contributed by atoms with van der Waals surface area (Å²) in [6.45, 7) is 3.66. The molecule has 1 aromatic rings. The van der Waals surface area contributed by atoms with E-state index in [1.165, 1.54) is 19.2 Å². The van der Waals surface area contributed by atoms with Gasteiger partial charge in [0.1, 0.15) is 0 Å². The highest BCUT2D eigenvalue weighted by Crippen LogP contribution is 2.36. The van der Waals surface area contributed by atoms with E-state index in [-0.39, 0.29) is 41.4 Å². The first-order valence-corrected chi connectivity index (χ1v) is 7.15. The molecule has 0 atom stereocenters. The number of carbonyl (C=O) groups is 2. The molecule has 9 heteroatoms. The second kappa shape index (κ2) is 10.9.